The van der Waals surface area contributed by atoms with Gasteiger partial charge in [-0.05, 0) is 81.1 Å². The summed E-state index contributed by atoms with van der Waals surface area (Å²) in [5.41, 5.74) is 2.76. The molecule has 220 valence electrons. The molecule has 0 fully saturated rings. The third-order valence-corrected chi connectivity index (χ3v) is 9.43. The fraction of sp³-hybridized carbons (Fsp3) is 0.355. The third kappa shape index (κ3) is 8.24. The van der Waals surface area contributed by atoms with Crippen molar-refractivity contribution in [1.29, 1.82) is 0 Å². The summed E-state index contributed by atoms with van der Waals surface area (Å²) in [5.74, 6) is -0.835. The lowest BCUT2D eigenvalue weighted by Crippen LogP contribution is -2.53. The monoisotopic (exact) mass is 617 g/mol. The zero-order valence-electron chi connectivity index (χ0n) is 24.0. The summed E-state index contributed by atoms with van der Waals surface area (Å²) in [5, 5.41) is 3.65. The molecule has 0 radical (unpaired) electrons. The molecule has 0 aliphatic carbocycles. The first kappa shape index (κ1) is 32.4. The van der Waals surface area contributed by atoms with Crippen LogP contribution in [0.1, 0.15) is 50.3 Å². The maximum atomic E-state index is 14.1. The van der Waals surface area contributed by atoms with Crippen molar-refractivity contribution in [3.05, 3.63) is 93.5 Å². The summed E-state index contributed by atoms with van der Waals surface area (Å²) in [7, 11) is -4.13. The molecule has 0 saturated heterocycles. The smallest absolute Gasteiger partial charge is 0.264 e. The van der Waals surface area contributed by atoms with Gasteiger partial charge in [0.05, 0.1) is 20.6 Å². The van der Waals surface area contributed by atoms with Gasteiger partial charge < -0.3 is 10.2 Å². The molecule has 0 bridgehead atoms. The molecular formula is C31H37Cl2N3O4S. The van der Waals surface area contributed by atoms with Gasteiger partial charge in [-0.3, -0.25) is 13.9 Å². The molecule has 7 nitrogen and oxygen atoms in total. The Balaban J connectivity index is 2.08. The van der Waals surface area contributed by atoms with Crippen molar-refractivity contribution >= 4 is 50.7 Å². The standard InChI is InChI=1S/C31H37Cl2N3O4S/c1-6-23(5)34-31(38)29(7-2)35(19-24-13-16-27(32)28(33)18-24)30(37)20-36(25-10-8-9-22(4)17-25)41(39,40)26-14-11-21(3)12-15-26/h8-18,23,29H,6-7,19-20H2,1-5H3,(H,34,38)/t23-,29+/m1/s1. The average molecular weight is 619 g/mol. The number of anilines is 1. The van der Waals surface area contributed by atoms with Gasteiger partial charge in [0.2, 0.25) is 11.8 Å². The first-order valence-electron chi connectivity index (χ1n) is 13.6. The molecule has 10 heteroatoms. The van der Waals surface area contributed by atoms with Crippen LogP contribution in [0.2, 0.25) is 10.0 Å². The number of aryl methyl sites for hydroxylation is 2. The molecule has 3 aromatic rings. The highest BCUT2D eigenvalue weighted by Gasteiger charge is 2.34. The van der Waals surface area contributed by atoms with Crippen LogP contribution in [0.3, 0.4) is 0 Å². The van der Waals surface area contributed by atoms with Gasteiger partial charge in [-0.1, -0.05) is 72.9 Å². The van der Waals surface area contributed by atoms with Crippen LogP contribution in [0, 0.1) is 13.8 Å². The molecule has 1 N–H and O–H groups in total. The molecule has 2 atom stereocenters. The largest absolute Gasteiger partial charge is 0.352 e. The number of halogens is 2. The number of rotatable bonds is 12. The Morgan fingerprint density at radius 3 is 2.15 bits per heavy atom. The molecule has 3 aromatic carbocycles. The van der Waals surface area contributed by atoms with Crippen molar-refractivity contribution in [3.63, 3.8) is 0 Å². The molecular weight excluding hydrogens is 581 g/mol. The van der Waals surface area contributed by atoms with E-state index in [-0.39, 0.29) is 23.4 Å². The molecule has 0 heterocycles. The van der Waals surface area contributed by atoms with Crippen LogP contribution in [0.4, 0.5) is 5.69 Å². The summed E-state index contributed by atoms with van der Waals surface area (Å²) in [6.07, 6.45) is 1.04. The minimum atomic E-state index is -4.13. The Hall–Kier alpha value is -3.07. The SMILES string of the molecule is CC[C@@H](C)NC(=O)[C@H](CC)N(Cc1ccc(Cl)c(Cl)c1)C(=O)CN(c1cccc(C)c1)S(=O)(=O)c1ccc(C)cc1. The highest BCUT2D eigenvalue weighted by molar-refractivity contribution is 7.92. The van der Waals surface area contributed by atoms with E-state index >= 15 is 0 Å². The van der Waals surface area contributed by atoms with Crippen LogP contribution >= 0.6 is 23.2 Å². The summed E-state index contributed by atoms with van der Waals surface area (Å²) in [6, 6.07) is 17.5. The molecule has 2 amide bonds. The van der Waals surface area contributed by atoms with Crippen LogP contribution in [-0.2, 0) is 26.2 Å². The lowest BCUT2D eigenvalue weighted by atomic mass is 10.1. The fourth-order valence-corrected chi connectivity index (χ4v) is 6.07. The van der Waals surface area contributed by atoms with Gasteiger partial charge in [-0.25, -0.2) is 8.42 Å². The van der Waals surface area contributed by atoms with E-state index in [0.717, 1.165) is 21.9 Å². The Bertz CT molecular complexity index is 1480. The Kier molecular flexibility index (Phi) is 11.2. The van der Waals surface area contributed by atoms with Crippen molar-refractivity contribution in [2.75, 3.05) is 10.8 Å². The number of hydrogen-bond acceptors (Lipinski definition) is 4. The van der Waals surface area contributed by atoms with Crippen LogP contribution in [0.25, 0.3) is 0 Å². The van der Waals surface area contributed by atoms with Crippen LogP contribution in [0.5, 0.6) is 0 Å². The summed E-state index contributed by atoms with van der Waals surface area (Å²) >= 11 is 12.4. The number of carbonyl (C=O) groups is 2. The molecule has 0 aliphatic heterocycles. The second-order valence-electron chi connectivity index (χ2n) is 10.2. The van der Waals surface area contributed by atoms with Crippen molar-refractivity contribution < 1.29 is 18.0 Å². The summed E-state index contributed by atoms with van der Waals surface area (Å²) < 4.78 is 29.0. The quantitative estimate of drug-likeness (QED) is 0.250. The van der Waals surface area contributed by atoms with E-state index in [1.165, 1.54) is 17.0 Å². The number of nitrogens with zero attached hydrogens (tertiary/aromatic N) is 2. The lowest BCUT2D eigenvalue weighted by Gasteiger charge is -2.34. The minimum Gasteiger partial charge on any atom is -0.352 e. The third-order valence-electron chi connectivity index (χ3n) is 6.90. The van der Waals surface area contributed by atoms with Gasteiger partial charge in [0.25, 0.3) is 10.0 Å². The number of nitrogens with one attached hydrogen (secondary N) is 1. The highest BCUT2D eigenvalue weighted by Crippen LogP contribution is 2.27. The van der Waals surface area contributed by atoms with Gasteiger partial charge >= 0.3 is 0 Å². The predicted octanol–water partition coefficient (Wildman–Crippen LogP) is 6.53. The number of carbonyl (C=O) groups excluding carboxylic acids is 2. The first-order valence-corrected chi connectivity index (χ1v) is 15.8. The van der Waals surface area contributed by atoms with Crippen LogP contribution < -0.4 is 9.62 Å². The predicted molar refractivity (Wildman–Crippen MR) is 166 cm³/mol. The minimum absolute atomic E-state index is 0.0361. The van der Waals surface area contributed by atoms with Crippen molar-refractivity contribution in [2.45, 2.75) is 71.0 Å². The molecule has 3 rings (SSSR count). The molecule has 0 spiro atoms. The van der Waals surface area contributed by atoms with E-state index in [1.54, 1.807) is 48.5 Å². The molecule has 0 saturated carbocycles. The molecule has 0 aliphatic rings. The van der Waals surface area contributed by atoms with Crippen LogP contribution in [0.15, 0.2) is 71.6 Å². The maximum Gasteiger partial charge on any atom is 0.264 e. The fourth-order valence-electron chi connectivity index (χ4n) is 4.34. The van der Waals surface area contributed by atoms with Gasteiger partial charge in [-0.15, -0.1) is 0 Å². The zero-order valence-corrected chi connectivity index (χ0v) is 26.4. The molecule has 0 unspecified atom stereocenters. The van der Waals surface area contributed by atoms with E-state index in [4.69, 9.17) is 23.2 Å². The molecule has 41 heavy (non-hydrogen) atoms. The van der Waals surface area contributed by atoms with Crippen molar-refractivity contribution in [3.8, 4) is 0 Å². The Labute approximate surface area is 253 Å². The highest BCUT2D eigenvalue weighted by atomic mass is 35.5. The maximum absolute atomic E-state index is 14.1. The van der Waals surface area contributed by atoms with Gasteiger partial charge in [0, 0.05) is 12.6 Å². The van der Waals surface area contributed by atoms with E-state index in [0.29, 0.717) is 27.7 Å². The van der Waals surface area contributed by atoms with E-state index in [2.05, 4.69) is 5.32 Å². The van der Waals surface area contributed by atoms with E-state index in [1.807, 2.05) is 40.7 Å². The second kappa shape index (κ2) is 14.2. The van der Waals surface area contributed by atoms with E-state index < -0.39 is 28.5 Å². The second-order valence-corrected chi connectivity index (χ2v) is 12.9. The first-order chi connectivity index (χ1) is 19.4. The summed E-state index contributed by atoms with van der Waals surface area (Å²) in [4.78, 5) is 29.0. The molecule has 0 aromatic heterocycles. The van der Waals surface area contributed by atoms with Gasteiger partial charge in [-0.2, -0.15) is 0 Å². The van der Waals surface area contributed by atoms with Gasteiger partial charge in [0.1, 0.15) is 12.6 Å². The Morgan fingerprint density at radius 1 is 0.878 bits per heavy atom. The van der Waals surface area contributed by atoms with E-state index in [9.17, 15) is 18.0 Å². The number of amides is 2. The normalized spacial score (nSPS) is 12.9. The number of sulfonamides is 1. The number of hydrogen-bond donors (Lipinski definition) is 1. The topological polar surface area (TPSA) is 86.8 Å². The number of benzene rings is 3. The summed E-state index contributed by atoms with van der Waals surface area (Å²) in [6.45, 7) is 8.92. The van der Waals surface area contributed by atoms with Crippen molar-refractivity contribution in [2.24, 2.45) is 0 Å². The Morgan fingerprint density at radius 2 is 1.56 bits per heavy atom. The zero-order chi connectivity index (χ0) is 30.3. The van der Waals surface area contributed by atoms with Gasteiger partial charge in [0.15, 0.2) is 0 Å². The van der Waals surface area contributed by atoms with Crippen LogP contribution in [-0.4, -0.2) is 43.8 Å². The lowest BCUT2D eigenvalue weighted by molar-refractivity contribution is -0.140. The van der Waals surface area contributed by atoms with Crippen molar-refractivity contribution in [1.82, 2.24) is 10.2 Å². The average Bonchev–Trinajstić information content (AvgIpc) is 2.93.